The van der Waals surface area contributed by atoms with Crippen molar-refractivity contribution >= 4 is 11.9 Å². The van der Waals surface area contributed by atoms with Gasteiger partial charge in [0.15, 0.2) is 6.23 Å². The van der Waals surface area contributed by atoms with E-state index >= 15 is 0 Å². The Bertz CT molecular complexity index is 972. The van der Waals surface area contributed by atoms with Crippen molar-refractivity contribution < 1.29 is 39.0 Å². The first-order valence-corrected chi connectivity index (χ1v) is 19.8. The van der Waals surface area contributed by atoms with E-state index in [2.05, 4.69) is 66.0 Å². The van der Waals surface area contributed by atoms with E-state index in [0.29, 0.717) is 32.2 Å². The fourth-order valence-corrected chi connectivity index (χ4v) is 8.48. The van der Waals surface area contributed by atoms with E-state index in [-0.39, 0.29) is 48.4 Å². The Hall–Kier alpha value is -1.38. The first kappa shape index (κ1) is 45.8. The summed E-state index contributed by atoms with van der Waals surface area (Å²) in [4.78, 5) is 37.4. The Morgan fingerprint density at radius 2 is 1.04 bits per heavy atom. The predicted molar refractivity (Wildman–Crippen MR) is 201 cm³/mol. The van der Waals surface area contributed by atoms with Crippen LogP contribution in [0, 0.1) is 0 Å². The normalized spacial score (nSPS) is 21.4. The summed E-state index contributed by atoms with van der Waals surface area (Å²) in [6.45, 7) is 19.2. The molecule has 0 radical (unpaired) electrons. The molecular weight excluding hydrogens is 652 g/mol. The molecule has 51 heavy (non-hydrogen) atoms. The van der Waals surface area contributed by atoms with Gasteiger partial charge in [0.25, 0.3) is 0 Å². The number of carbonyl (C=O) groups excluding carboxylic acids is 2. The van der Waals surface area contributed by atoms with E-state index in [0.717, 1.165) is 90.1 Å². The van der Waals surface area contributed by atoms with Crippen molar-refractivity contribution in [1.29, 1.82) is 0 Å². The van der Waals surface area contributed by atoms with Gasteiger partial charge in [-0.3, -0.25) is 19.7 Å². The van der Waals surface area contributed by atoms with Crippen LogP contribution in [0.2, 0.25) is 0 Å². The molecule has 0 bridgehead atoms. The van der Waals surface area contributed by atoms with Gasteiger partial charge < -0.3 is 29.8 Å². The average Bonchev–Trinajstić information content (AvgIpc) is 3.00. The lowest BCUT2D eigenvalue weighted by Gasteiger charge is -2.54. The summed E-state index contributed by atoms with van der Waals surface area (Å²) in [6.07, 6.45) is 12.7. The molecule has 0 saturated carbocycles. The second-order valence-electron chi connectivity index (χ2n) is 17.3. The standard InChI is InChI=1S/C39H76N4O8/c1-36(2)26-31(27-37(3,4)42(36)48-9)49-34(46)20-16-12-10-11-13-17-21-35(47)50-32-28-38(5,6)43(39(7,8)29-32)51-33(30-45)41-23-19-15-14-18-22-40-24-25-44/h31-33,40-41,44-45H,10-30H2,1-9H3. The summed E-state index contributed by atoms with van der Waals surface area (Å²) < 4.78 is 11.9. The molecule has 0 spiro atoms. The molecule has 1 unspecified atom stereocenters. The summed E-state index contributed by atoms with van der Waals surface area (Å²) in [7, 11) is 1.70. The topological polar surface area (TPSA) is 142 Å². The van der Waals surface area contributed by atoms with Crippen LogP contribution < -0.4 is 10.6 Å². The summed E-state index contributed by atoms with van der Waals surface area (Å²) in [5, 5.41) is 29.4. The van der Waals surface area contributed by atoms with Gasteiger partial charge in [0, 0.05) is 67.2 Å². The second-order valence-corrected chi connectivity index (χ2v) is 17.3. The number of nitrogens with zero attached hydrogens (tertiary/aromatic N) is 2. The SMILES string of the molecule is CON1C(C)(C)CC(OC(=O)CCCCCCCCC(=O)OC2CC(C)(C)N(OC(CO)NCCCCCCNCCO)C(C)(C)C2)CC1(C)C. The van der Waals surface area contributed by atoms with Crippen LogP contribution in [0.15, 0.2) is 0 Å². The van der Waals surface area contributed by atoms with Crippen LogP contribution in [-0.2, 0) is 28.7 Å². The minimum Gasteiger partial charge on any atom is -0.462 e. The number of carbonyl (C=O) groups is 2. The van der Waals surface area contributed by atoms with Crippen LogP contribution in [0.1, 0.15) is 158 Å². The largest absolute Gasteiger partial charge is 0.462 e. The summed E-state index contributed by atoms with van der Waals surface area (Å²) in [5.41, 5.74) is -1.22. The maximum atomic E-state index is 12.8. The number of unbranched alkanes of at least 4 members (excludes halogenated alkanes) is 8. The van der Waals surface area contributed by atoms with Gasteiger partial charge in [0.1, 0.15) is 12.2 Å². The molecule has 2 rings (SSSR count). The number of piperidine rings is 2. The molecule has 12 heteroatoms. The van der Waals surface area contributed by atoms with Gasteiger partial charge in [-0.15, -0.1) is 0 Å². The van der Waals surface area contributed by atoms with E-state index in [4.69, 9.17) is 24.3 Å². The molecule has 2 aliphatic heterocycles. The highest BCUT2D eigenvalue weighted by Crippen LogP contribution is 2.41. The van der Waals surface area contributed by atoms with Crippen LogP contribution in [0.4, 0.5) is 0 Å². The molecule has 2 heterocycles. The highest BCUT2D eigenvalue weighted by atomic mass is 16.7. The lowest BCUT2D eigenvalue weighted by atomic mass is 9.80. The maximum absolute atomic E-state index is 12.8. The van der Waals surface area contributed by atoms with Gasteiger partial charge in [-0.1, -0.05) is 38.5 Å². The molecule has 0 aromatic rings. The minimum absolute atomic E-state index is 0.101. The number of nitrogens with one attached hydrogen (secondary N) is 2. The predicted octanol–water partition coefficient (Wildman–Crippen LogP) is 5.78. The van der Waals surface area contributed by atoms with Crippen molar-refractivity contribution in [3.05, 3.63) is 0 Å². The lowest BCUT2D eigenvalue weighted by molar-refractivity contribution is -0.323. The number of esters is 2. The first-order valence-electron chi connectivity index (χ1n) is 19.8. The van der Waals surface area contributed by atoms with E-state index in [1.807, 2.05) is 10.1 Å². The highest BCUT2D eigenvalue weighted by Gasteiger charge is 2.49. The molecule has 0 aliphatic carbocycles. The number of aliphatic hydroxyl groups is 2. The molecule has 2 fully saturated rings. The fourth-order valence-electron chi connectivity index (χ4n) is 8.48. The van der Waals surface area contributed by atoms with E-state index < -0.39 is 17.3 Å². The molecule has 2 aliphatic rings. The third kappa shape index (κ3) is 16.3. The summed E-state index contributed by atoms with van der Waals surface area (Å²) >= 11 is 0. The summed E-state index contributed by atoms with van der Waals surface area (Å²) in [6, 6.07) is 0. The first-order chi connectivity index (χ1) is 24.0. The third-order valence-electron chi connectivity index (χ3n) is 10.2. The van der Waals surface area contributed by atoms with Gasteiger partial charge in [-0.2, -0.15) is 10.1 Å². The van der Waals surface area contributed by atoms with Gasteiger partial charge in [0.05, 0.1) is 20.3 Å². The van der Waals surface area contributed by atoms with Gasteiger partial charge in [0.2, 0.25) is 0 Å². The molecule has 0 aromatic carbocycles. The van der Waals surface area contributed by atoms with E-state index in [1.54, 1.807) is 7.11 Å². The molecule has 12 nitrogen and oxygen atoms in total. The smallest absolute Gasteiger partial charge is 0.306 e. The van der Waals surface area contributed by atoms with E-state index in [9.17, 15) is 14.7 Å². The number of hydroxylamine groups is 4. The summed E-state index contributed by atoms with van der Waals surface area (Å²) in [5.74, 6) is -0.263. The minimum atomic E-state index is -0.507. The van der Waals surface area contributed by atoms with Gasteiger partial charge in [-0.05, 0) is 94.2 Å². The Labute approximate surface area is 309 Å². The van der Waals surface area contributed by atoms with Crippen LogP contribution in [0.5, 0.6) is 0 Å². The zero-order valence-corrected chi connectivity index (χ0v) is 33.8. The van der Waals surface area contributed by atoms with Crippen LogP contribution in [0.25, 0.3) is 0 Å². The molecule has 2 saturated heterocycles. The van der Waals surface area contributed by atoms with Crippen LogP contribution in [-0.4, -0.2) is 113 Å². The van der Waals surface area contributed by atoms with Crippen LogP contribution in [0.3, 0.4) is 0 Å². The highest BCUT2D eigenvalue weighted by molar-refractivity contribution is 5.69. The van der Waals surface area contributed by atoms with Gasteiger partial charge >= 0.3 is 11.9 Å². The molecular formula is C39H76N4O8. The molecule has 0 aromatic heterocycles. The number of ether oxygens (including phenoxy) is 2. The average molecular weight is 729 g/mol. The number of hydrogen-bond donors (Lipinski definition) is 4. The van der Waals surface area contributed by atoms with Crippen molar-refractivity contribution in [2.24, 2.45) is 0 Å². The molecule has 1 atom stereocenters. The van der Waals surface area contributed by atoms with Crippen molar-refractivity contribution in [2.45, 2.75) is 199 Å². The third-order valence-corrected chi connectivity index (χ3v) is 10.2. The zero-order chi connectivity index (χ0) is 38.1. The van der Waals surface area contributed by atoms with E-state index in [1.165, 1.54) is 0 Å². The van der Waals surface area contributed by atoms with Gasteiger partial charge in [-0.25, -0.2) is 0 Å². The molecule has 0 amide bonds. The Morgan fingerprint density at radius 3 is 1.47 bits per heavy atom. The quantitative estimate of drug-likeness (QED) is 0.0515. The molecule has 300 valence electrons. The number of hydrogen-bond acceptors (Lipinski definition) is 12. The Balaban J connectivity index is 1.61. The fraction of sp³-hybridized carbons (Fsp3) is 0.949. The lowest BCUT2D eigenvalue weighted by Crippen LogP contribution is -2.64. The van der Waals surface area contributed by atoms with Crippen molar-refractivity contribution in [1.82, 2.24) is 20.8 Å². The van der Waals surface area contributed by atoms with Crippen molar-refractivity contribution in [3.63, 3.8) is 0 Å². The van der Waals surface area contributed by atoms with Crippen LogP contribution >= 0.6 is 0 Å². The number of rotatable bonds is 25. The molecule has 4 N–H and O–H groups in total. The Kier molecular flexibility index (Phi) is 19.8. The number of aliphatic hydroxyl groups excluding tert-OH is 2. The zero-order valence-electron chi connectivity index (χ0n) is 33.8. The van der Waals surface area contributed by atoms with Crippen molar-refractivity contribution in [2.75, 3.05) is 40.0 Å². The van der Waals surface area contributed by atoms with Crippen molar-refractivity contribution in [3.8, 4) is 0 Å². The maximum Gasteiger partial charge on any atom is 0.306 e. The second kappa shape index (κ2) is 22.1. The Morgan fingerprint density at radius 1 is 0.627 bits per heavy atom. The monoisotopic (exact) mass is 729 g/mol.